The highest BCUT2D eigenvalue weighted by atomic mass is 16.7. The van der Waals surface area contributed by atoms with Crippen molar-refractivity contribution < 1.29 is 193 Å². The molecule has 26 atom stereocenters. The van der Waals surface area contributed by atoms with Crippen LogP contribution < -0.4 is 18.9 Å². The third-order valence-electron chi connectivity index (χ3n) is 17.3. The SMILES string of the molecule is O=C(O)CC(=O)OC[C@H]1O[C@@H](OC2=Cc3c(O)cc(O)cc3[OH+]C2c2cc(O[C@@H]3O[C@H](COC(=O)/C=C/c4ccc(O[C@@H]5O[C@H](COC(=O)/C=C/c6ccc(O[C@@H]7O[C@H](CO)[C@@H](O)[C@H](O)[C@@H]7O)cc6)[C@@H](O)[C@H](O)[C@H]5O)cc4)[C@@H](O)[C@@H](O)[C@@H]3O)c(O)c(O[C@@H]3O[C@H](CO)[C@@H](O)[C@H](O)[C@H]3O)c2)[C@H](O)[C@@H](O)[C@@H]1O. The van der Waals surface area contributed by atoms with Crippen LogP contribution in [0.25, 0.3) is 18.2 Å². The number of phenolic OH excluding ortho intramolecular Hbond substituents is 3. The van der Waals surface area contributed by atoms with E-state index in [1.807, 2.05) is 0 Å². The molecule has 0 radical (unpaired) electrons. The van der Waals surface area contributed by atoms with Gasteiger partial charge in [0.05, 0.1) is 24.8 Å². The molecule has 1 unspecified atom stereocenters. The van der Waals surface area contributed by atoms with Gasteiger partial charge in [-0.05, 0) is 59.7 Å². The molecule has 0 spiro atoms. The van der Waals surface area contributed by atoms with Crippen molar-refractivity contribution in [1.29, 1.82) is 0 Å². The highest BCUT2D eigenvalue weighted by Gasteiger charge is 2.52. The van der Waals surface area contributed by atoms with Gasteiger partial charge in [-0.2, -0.15) is 0 Å². The lowest BCUT2D eigenvalue weighted by Gasteiger charge is -2.41. The third kappa shape index (κ3) is 18.4. The van der Waals surface area contributed by atoms with Crippen LogP contribution in [0.3, 0.4) is 0 Å². The Labute approximate surface area is 591 Å². The number of aromatic hydroxyl groups is 4. The highest BCUT2D eigenvalue weighted by Crippen LogP contribution is 2.49. The fourth-order valence-corrected chi connectivity index (χ4v) is 11.4. The zero-order valence-corrected chi connectivity index (χ0v) is 54.3. The van der Waals surface area contributed by atoms with E-state index in [0.717, 1.165) is 42.5 Å². The molecule has 0 amide bonds. The molecule has 574 valence electrons. The number of carboxylic acid groups (broad SMARTS) is 1. The molecule has 39 heteroatoms. The monoisotopic (exact) mass is 1490 g/mol. The largest absolute Gasteiger partial charge is 0.571 e. The maximum atomic E-state index is 13.2. The molecule has 0 saturated carbocycles. The van der Waals surface area contributed by atoms with E-state index < -0.39 is 257 Å². The summed E-state index contributed by atoms with van der Waals surface area (Å²) in [5, 5.41) is 223. The smallest absolute Gasteiger partial charge is 0.330 e. The molecule has 4 aromatic carbocycles. The maximum absolute atomic E-state index is 13.2. The first kappa shape index (κ1) is 78.9. The molecule has 6 aliphatic heterocycles. The van der Waals surface area contributed by atoms with Crippen LogP contribution in [0.1, 0.15) is 34.8 Å². The standard InChI is InChI=1S/C66H76O39/c67-19-36-46(77)51(82)56(87)62(101-36)95-28-7-1-24(2-8-28)5-11-42(73)92-21-38-48(79)53(84)57(88)63(103-38)96-29-9-3-25(4-10-29)6-12-43(74)93-22-39-49(80)54(85)59(90)65(104-39)99-34-14-26(13-33(45(34)76)98-64-58(89)52(83)47(78)37(20-68)102-64)61-35(17-30-31(70)15-27(69)16-32(30)97-61)100-66-60(91)55(86)50(81)40(105-66)23-94-44(75)18-41(71)72/h1-17,36-40,46-70,76-91H,18-23H2,(H,71,72)/p+1/b11-5+,12-6+/t36-,37-,38-,39-,40-,46-,47-,48-,49-,50-,51+,52+,53+,54-,55+,56+,57-,58-,59+,60-,61?,62-,63-,64-,65-,66-/m1/s1. The molecule has 4 aromatic rings. The number of hydrogen-bond donors (Lipinski definition) is 21. The van der Waals surface area contributed by atoms with Gasteiger partial charge < -0.3 is 174 Å². The summed E-state index contributed by atoms with van der Waals surface area (Å²) in [6, 6.07) is 15.4. The third-order valence-corrected chi connectivity index (χ3v) is 17.3. The number of benzene rings is 4. The number of ether oxygens (including phenoxy) is 14. The maximum Gasteiger partial charge on any atom is 0.330 e. The second-order valence-electron chi connectivity index (χ2n) is 24.7. The molecule has 22 N–H and O–H groups in total. The molecule has 5 fully saturated rings. The Morgan fingerprint density at radius 3 is 1.18 bits per heavy atom. The molecule has 0 bridgehead atoms. The van der Waals surface area contributed by atoms with Gasteiger partial charge in [0, 0.05) is 24.3 Å². The van der Waals surface area contributed by atoms with Crippen LogP contribution in [0.15, 0.2) is 90.7 Å². The second-order valence-corrected chi connectivity index (χ2v) is 24.7. The van der Waals surface area contributed by atoms with Crippen molar-refractivity contribution in [2.24, 2.45) is 0 Å². The van der Waals surface area contributed by atoms with Crippen LogP contribution >= 0.6 is 0 Å². The molecule has 105 heavy (non-hydrogen) atoms. The van der Waals surface area contributed by atoms with Gasteiger partial charge in [-0.25, -0.2) is 9.59 Å². The Bertz CT molecular complexity index is 3740. The van der Waals surface area contributed by atoms with Crippen LogP contribution in [0.4, 0.5) is 0 Å². The summed E-state index contributed by atoms with van der Waals surface area (Å²) < 4.78 is 77.2. The summed E-state index contributed by atoms with van der Waals surface area (Å²) in [7, 11) is 0. The van der Waals surface area contributed by atoms with Crippen LogP contribution in [-0.2, 0) is 61.8 Å². The number of rotatable bonds is 25. The molecule has 6 aliphatic rings. The van der Waals surface area contributed by atoms with Gasteiger partial charge in [-0.1, -0.05) is 24.3 Å². The quantitative estimate of drug-likeness (QED) is 0.00964. The number of carbonyl (C=O) groups excluding carboxylic acids is 3. The second kappa shape index (κ2) is 34.2. The number of phenols is 3. The van der Waals surface area contributed by atoms with Crippen molar-refractivity contribution in [2.75, 3.05) is 33.0 Å². The predicted molar refractivity (Wildman–Crippen MR) is 338 cm³/mol. The summed E-state index contributed by atoms with van der Waals surface area (Å²) in [6.45, 7) is -4.00. The first-order valence-corrected chi connectivity index (χ1v) is 32.1. The zero-order valence-electron chi connectivity index (χ0n) is 54.3. The van der Waals surface area contributed by atoms with Crippen LogP contribution in [0.2, 0.25) is 0 Å². The number of aliphatic hydroxyl groups excluding tert-OH is 17. The van der Waals surface area contributed by atoms with E-state index in [1.165, 1.54) is 60.7 Å². The zero-order chi connectivity index (χ0) is 76.0. The molecule has 0 aromatic heterocycles. The number of aliphatic carboxylic acids is 1. The number of carbonyl (C=O) groups is 4. The van der Waals surface area contributed by atoms with Gasteiger partial charge in [-0.15, -0.1) is 0 Å². The Hall–Kier alpha value is -8.70. The van der Waals surface area contributed by atoms with Crippen LogP contribution in [-0.4, -0.2) is 322 Å². The minimum Gasteiger partial charge on any atom is -0.571 e. The van der Waals surface area contributed by atoms with Gasteiger partial charge in [0.15, 0.2) is 17.3 Å². The average Bonchev–Trinajstić information content (AvgIpc) is 0.761. The van der Waals surface area contributed by atoms with E-state index in [1.54, 1.807) is 0 Å². The van der Waals surface area contributed by atoms with Gasteiger partial charge >= 0.3 is 23.9 Å². The summed E-state index contributed by atoms with van der Waals surface area (Å²) in [5.74, 6) is -9.08. The average molecular weight is 1490 g/mol. The number of aliphatic hydroxyl groups is 18. The molecule has 10 rings (SSSR count). The lowest BCUT2D eigenvalue weighted by molar-refractivity contribution is -0.296. The Morgan fingerprint density at radius 1 is 0.429 bits per heavy atom. The molecule has 0 aliphatic carbocycles. The minimum absolute atomic E-state index is 0.0295. The first-order valence-electron chi connectivity index (χ1n) is 32.1. The van der Waals surface area contributed by atoms with Crippen molar-refractivity contribution in [3.05, 3.63) is 113 Å². The fourth-order valence-electron chi connectivity index (χ4n) is 11.4. The summed E-state index contributed by atoms with van der Waals surface area (Å²) >= 11 is 0. The summed E-state index contributed by atoms with van der Waals surface area (Å²) in [6.07, 6.45) is -43.2. The number of fused-ring (bicyclic) bond motifs is 1. The Morgan fingerprint density at radius 2 is 0.790 bits per heavy atom. The van der Waals surface area contributed by atoms with E-state index in [-0.39, 0.29) is 28.4 Å². The fraction of sp³-hybridized carbons (Fsp3) is 0.485. The normalized spacial score (nSPS) is 34.7. The van der Waals surface area contributed by atoms with Crippen LogP contribution in [0.5, 0.6) is 46.0 Å². The van der Waals surface area contributed by atoms with E-state index in [4.69, 9.17) is 66.7 Å². The highest BCUT2D eigenvalue weighted by molar-refractivity contribution is 5.90. The topological polar surface area (TPSA) is 626 Å². The van der Waals surface area contributed by atoms with Crippen molar-refractivity contribution in [1.82, 2.24) is 0 Å². The Balaban J connectivity index is 0.789. The van der Waals surface area contributed by atoms with Gasteiger partial charge in [0.25, 0.3) is 11.9 Å². The number of carboxylic acids is 1. The first-order chi connectivity index (χ1) is 49.9. The van der Waals surface area contributed by atoms with E-state index >= 15 is 0 Å². The molecule has 39 nitrogen and oxygen atoms in total. The van der Waals surface area contributed by atoms with Gasteiger partial charge in [0.2, 0.25) is 37.2 Å². The van der Waals surface area contributed by atoms with Crippen molar-refractivity contribution in [3.63, 3.8) is 0 Å². The van der Waals surface area contributed by atoms with Crippen LogP contribution in [0, 0.1) is 0 Å². The predicted octanol–water partition coefficient (Wildman–Crippen LogP) is -6.77. The van der Waals surface area contributed by atoms with Gasteiger partial charge in [-0.3, -0.25) is 9.59 Å². The summed E-state index contributed by atoms with van der Waals surface area (Å²) in [5.41, 5.74) is 0.347. The molecule has 5 saturated heterocycles. The van der Waals surface area contributed by atoms with E-state index in [2.05, 4.69) is 4.74 Å². The van der Waals surface area contributed by atoms with Gasteiger partial charge in [0.1, 0.15) is 177 Å². The van der Waals surface area contributed by atoms with E-state index in [9.17, 15) is 121 Å². The number of esters is 3. The van der Waals surface area contributed by atoms with Crippen molar-refractivity contribution >= 4 is 42.1 Å². The Kier molecular flexibility index (Phi) is 25.7. The lowest BCUT2D eigenvalue weighted by Crippen LogP contribution is -2.60. The number of hydrogen-bond acceptors (Lipinski definition) is 37. The molecular formula is C66H77O39+. The summed E-state index contributed by atoms with van der Waals surface area (Å²) in [4.78, 5) is 49.1. The van der Waals surface area contributed by atoms with Crippen molar-refractivity contribution in [3.8, 4) is 46.0 Å². The van der Waals surface area contributed by atoms with Crippen molar-refractivity contribution in [2.45, 2.75) is 166 Å². The molecular weight excluding hydrogens is 1420 g/mol. The minimum atomic E-state index is -2.22. The lowest BCUT2D eigenvalue weighted by atomic mass is 9.98. The molecule has 6 heterocycles. The van der Waals surface area contributed by atoms with E-state index in [0.29, 0.717) is 11.1 Å².